The van der Waals surface area contributed by atoms with E-state index in [4.69, 9.17) is 9.47 Å². The number of aryl methyl sites for hydroxylation is 1. The van der Waals surface area contributed by atoms with Crippen LogP contribution in [0.5, 0.6) is 11.5 Å². The van der Waals surface area contributed by atoms with E-state index in [1.165, 1.54) is 0 Å². The van der Waals surface area contributed by atoms with Gasteiger partial charge in [0.25, 0.3) is 5.91 Å². The van der Waals surface area contributed by atoms with Gasteiger partial charge in [0.2, 0.25) is 0 Å². The van der Waals surface area contributed by atoms with Gasteiger partial charge in [-0.2, -0.15) is 5.10 Å². The third kappa shape index (κ3) is 3.92. The second-order valence-electron chi connectivity index (χ2n) is 6.24. The molecule has 1 amide bonds. The first-order valence-corrected chi connectivity index (χ1v) is 9.68. The lowest BCUT2D eigenvalue weighted by molar-refractivity contribution is 0.102. The van der Waals surface area contributed by atoms with E-state index in [9.17, 15) is 4.79 Å². The van der Waals surface area contributed by atoms with Crippen LogP contribution in [0.2, 0.25) is 0 Å². The van der Waals surface area contributed by atoms with Crippen molar-refractivity contribution in [2.24, 2.45) is 7.05 Å². The molecule has 0 unspecified atom stereocenters. The molecular formula is C20H18IN3O3. The summed E-state index contributed by atoms with van der Waals surface area (Å²) in [4.78, 5) is 12.9. The quantitative estimate of drug-likeness (QED) is 0.580. The molecule has 4 rings (SSSR count). The molecule has 27 heavy (non-hydrogen) atoms. The number of hydrogen-bond donors (Lipinski definition) is 1. The number of fused-ring (bicyclic) bond motifs is 1. The Bertz CT molecular complexity index is 1000. The van der Waals surface area contributed by atoms with E-state index in [2.05, 4.69) is 33.0 Å². The second-order valence-corrected chi connectivity index (χ2v) is 7.49. The molecular weight excluding hydrogens is 457 g/mol. The fourth-order valence-corrected chi connectivity index (χ4v) is 3.49. The van der Waals surface area contributed by atoms with E-state index >= 15 is 0 Å². The summed E-state index contributed by atoms with van der Waals surface area (Å²) in [6.07, 6.45) is 2.57. The van der Waals surface area contributed by atoms with Gasteiger partial charge in [-0.05, 0) is 59.0 Å². The van der Waals surface area contributed by atoms with Gasteiger partial charge in [0.05, 0.1) is 18.8 Å². The van der Waals surface area contributed by atoms with E-state index in [1.54, 1.807) is 17.9 Å². The van der Waals surface area contributed by atoms with Crippen LogP contribution in [0.15, 0.2) is 48.7 Å². The molecule has 2 aromatic carbocycles. The number of nitrogens with zero attached hydrogens (tertiary/aromatic N) is 2. The highest BCUT2D eigenvalue weighted by atomic mass is 127. The summed E-state index contributed by atoms with van der Waals surface area (Å²) < 4.78 is 14.1. The van der Waals surface area contributed by atoms with Crippen molar-refractivity contribution in [1.29, 1.82) is 0 Å². The van der Waals surface area contributed by atoms with Crippen LogP contribution in [0.3, 0.4) is 0 Å². The van der Waals surface area contributed by atoms with E-state index in [0.29, 0.717) is 30.2 Å². The van der Waals surface area contributed by atoms with Crippen LogP contribution >= 0.6 is 22.6 Å². The number of ether oxygens (including phenoxy) is 2. The van der Waals surface area contributed by atoms with Gasteiger partial charge in [0.15, 0.2) is 11.5 Å². The fourth-order valence-electron chi connectivity index (χ4n) is 2.94. The van der Waals surface area contributed by atoms with Crippen LogP contribution in [0.25, 0.3) is 11.3 Å². The average Bonchev–Trinajstić information content (AvgIpc) is 2.89. The molecule has 0 saturated heterocycles. The number of nitrogens with one attached hydrogen (secondary N) is 1. The van der Waals surface area contributed by atoms with Crippen molar-refractivity contribution < 1.29 is 14.3 Å². The lowest BCUT2D eigenvalue weighted by Gasteiger charge is -2.09. The number of carbonyl (C=O) groups is 1. The molecule has 0 bridgehead atoms. The third-order valence-electron chi connectivity index (χ3n) is 4.18. The third-order valence-corrected chi connectivity index (χ3v) is 4.85. The minimum atomic E-state index is -0.202. The van der Waals surface area contributed by atoms with Gasteiger partial charge in [-0.3, -0.25) is 9.48 Å². The molecule has 0 fully saturated rings. The van der Waals surface area contributed by atoms with Gasteiger partial charge in [0.1, 0.15) is 5.69 Å². The lowest BCUT2D eigenvalue weighted by atomic mass is 10.1. The number of carbonyl (C=O) groups excluding carboxylic acids is 1. The Balaban J connectivity index is 1.67. The Morgan fingerprint density at radius 3 is 2.78 bits per heavy atom. The van der Waals surface area contributed by atoms with Crippen LogP contribution in [0.4, 0.5) is 5.69 Å². The molecule has 3 aromatic rings. The molecule has 1 aliphatic heterocycles. The van der Waals surface area contributed by atoms with Crippen molar-refractivity contribution in [3.05, 3.63) is 57.8 Å². The molecule has 1 aliphatic rings. The molecule has 6 nitrogen and oxygen atoms in total. The topological polar surface area (TPSA) is 65.4 Å². The first kappa shape index (κ1) is 17.8. The molecule has 1 N–H and O–H groups in total. The van der Waals surface area contributed by atoms with Crippen LogP contribution in [-0.2, 0) is 7.05 Å². The molecule has 0 spiro atoms. The molecule has 0 radical (unpaired) electrons. The standard InChI is InChI=1S/C20H18IN3O3/c1-24-12-16(20(25)22-15-5-2-4-14(21)11-15)19(23-24)13-6-7-17-18(10-13)27-9-3-8-26-17/h2,4-7,10-12H,3,8-9H2,1H3,(H,22,25). The Kier molecular flexibility index (Phi) is 5.02. The Hall–Kier alpha value is -2.55. The van der Waals surface area contributed by atoms with E-state index < -0.39 is 0 Å². The maximum absolute atomic E-state index is 12.9. The Labute approximate surface area is 170 Å². The smallest absolute Gasteiger partial charge is 0.259 e. The van der Waals surface area contributed by atoms with Gasteiger partial charge in [-0.1, -0.05) is 6.07 Å². The lowest BCUT2D eigenvalue weighted by Crippen LogP contribution is -2.12. The molecule has 138 valence electrons. The number of benzene rings is 2. The van der Waals surface area contributed by atoms with Gasteiger partial charge >= 0.3 is 0 Å². The summed E-state index contributed by atoms with van der Waals surface area (Å²) >= 11 is 2.22. The highest BCUT2D eigenvalue weighted by molar-refractivity contribution is 14.1. The monoisotopic (exact) mass is 475 g/mol. The predicted octanol–water partition coefficient (Wildman–Crippen LogP) is 4.11. The molecule has 0 saturated carbocycles. The minimum Gasteiger partial charge on any atom is -0.490 e. The number of rotatable bonds is 3. The van der Waals surface area contributed by atoms with Crippen molar-refractivity contribution >= 4 is 34.2 Å². The van der Waals surface area contributed by atoms with Crippen molar-refractivity contribution in [2.45, 2.75) is 6.42 Å². The molecule has 1 aromatic heterocycles. The predicted molar refractivity (Wildman–Crippen MR) is 111 cm³/mol. The van der Waals surface area contributed by atoms with Crippen LogP contribution in [0.1, 0.15) is 16.8 Å². The average molecular weight is 475 g/mol. The Morgan fingerprint density at radius 2 is 1.96 bits per heavy atom. The summed E-state index contributed by atoms with van der Waals surface area (Å²) in [5.41, 5.74) is 2.68. The number of anilines is 1. The van der Waals surface area contributed by atoms with Crippen molar-refractivity contribution in [3.63, 3.8) is 0 Å². The zero-order chi connectivity index (χ0) is 18.8. The highest BCUT2D eigenvalue weighted by Crippen LogP contribution is 2.35. The van der Waals surface area contributed by atoms with E-state index in [1.807, 2.05) is 42.5 Å². The normalized spacial score (nSPS) is 13.1. The molecule has 7 heteroatoms. The van der Waals surface area contributed by atoms with E-state index in [0.717, 1.165) is 27.0 Å². The van der Waals surface area contributed by atoms with Crippen molar-refractivity contribution in [1.82, 2.24) is 9.78 Å². The summed E-state index contributed by atoms with van der Waals surface area (Å²) in [6, 6.07) is 13.3. The molecule has 0 atom stereocenters. The zero-order valence-corrected chi connectivity index (χ0v) is 16.9. The van der Waals surface area contributed by atoms with Gasteiger partial charge in [-0.15, -0.1) is 0 Å². The van der Waals surface area contributed by atoms with Gasteiger partial charge in [-0.25, -0.2) is 0 Å². The summed E-state index contributed by atoms with van der Waals surface area (Å²) in [5.74, 6) is 1.20. The summed E-state index contributed by atoms with van der Waals surface area (Å²) in [5, 5.41) is 7.43. The number of hydrogen-bond acceptors (Lipinski definition) is 4. The fraction of sp³-hybridized carbons (Fsp3) is 0.200. The summed E-state index contributed by atoms with van der Waals surface area (Å²) in [7, 11) is 1.80. The maximum Gasteiger partial charge on any atom is 0.259 e. The van der Waals surface area contributed by atoms with Crippen LogP contribution < -0.4 is 14.8 Å². The number of aromatic nitrogens is 2. The largest absolute Gasteiger partial charge is 0.490 e. The summed E-state index contributed by atoms with van der Waals surface area (Å²) in [6.45, 7) is 1.25. The van der Waals surface area contributed by atoms with Crippen LogP contribution in [0, 0.1) is 3.57 Å². The van der Waals surface area contributed by atoms with Gasteiger partial charge < -0.3 is 14.8 Å². The van der Waals surface area contributed by atoms with Crippen molar-refractivity contribution in [3.8, 4) is 22.8 Å². The van der Waals surface area contributed by atoms with Gasteiger partial charge in [0, 0.05) is 34.5 Å². The van der Waals surface area contributed by atoms with Crippen LogP contribution in [-0.4, -0.2) is 28.9 Å². The Morgan fingerprint density at radius 1 is 1.15 bits per heavy atom. The van der Waals surface area contributed by atoms with Crippen molar-refractivity contribution in [2.75, 3.05) is 18.5 Å². The minimum absolute atomic E-state index is 0.202. The SMILES string of the molecule is Cn1cc(C(=O)Nc2cccc(I)c2)c(-c2ccc3c(c2)OCCCO3)n1. The number of amides is 1. The first-order valence-electron chi connectivity index (χ1n) is 8.61. The first-order chi connectivity index (χ1) is 13.1. The maximum atomic E-state index is 12.9. The molecule has 2 heterocycles. The van der Waals surface area contributed by atoms with E-state index in [-0.39, 0.29) is 5.91 Å². The zero-order valence-electron chi connectivity index (χ0n) is 14.7. The number of halogens is 1. The second kappa shape index (κ2) is 7.59. The highest BCUT2D eigenvalue weighted by Gasteiger charge is 2.20. The molecule has 0 aliphatic carbocycles.